The average molecular weight is 273 g/mol. The molecule has 102 valence electrons. The molecule has 2 aromatic carbocycles. The van der Waals surface area contributed by atoms with Crippen LogP contribution in [0.25, 0.3) is 0 Å². The van der Waals surface area contributed by atoms with E-state index in [0.29, 0.717) is 5.56 Å². The molecule has 0 saturated heterocycles. The maximum atomic E-state index is 13.3. The number of hydrogen-bond acceptors (Lipinski definition) is 1. The highest BCUT2D eigenvalue weighted by molar-refractivity contribution is 5.95. The average Bonchev–Trinajstić information content (AvgIpc) is 3.20. The fraction of sp³-hybridized carbons (Fsp3) is 0.188. The predicted molar refractivity (Wildman–Crippen MR) is 71.2 cm³/mol. The van der Waals surface area contributed by atoms with E-state index in [-0.39, 0.29) is 17.5 Å². The summed E-state index contributed by atoms with van der Waals surface area (Å²) in [4.78, 5) is 12.1. The van der Waals surface area contributed by atoms with E-state index in [9.17, 15) is 13.6 Å². The zero-order chi connectivity index (χ0) is 14.2. The molecule has 20 heavy (non-hydrogen) atoms. The van der Waals surface area contributed by atoms with Gasteiger partial charge in [0.25, 0.3) is 5.91 Å². The van der Waals surface area contributed by atoms with E-state index in [4.69, 9.17) is 0 Å². The molecule has 0 radical (unpaired) electrons. The summed E-state index contributed by atoms with van der Waals surface area (Å²) in [5.74, 6) is -0.968. The van der Waals surface area contributed by atoms with Gasteiger partial charge in [-0.25, -0.2) is 8.78 Å². The Balaban J connectivity index is 1.80. The maximum absolute atomic E-state index is 13.3. The van der Waals surface area contributed by atoms with Crippen LogP contribution in [0.2, 0.25) is 0 Å². The number of benzene rings is 2. The van der Waals surface area contributed by atoms with Gasteiger partial charge in [0.1, 0.15) is 11.6 Å². The highest BCUT2D eigenvalue weighted by Crippen LogP contribution is 2.45. The van der Waals surface area contributed by atoms with Crippen molar-refractivity contribution in [3.8, 4) is 0 Å². The first-order chi connectivity index (χ1) is 9.59. The van der Waals surface area contributed by atoms with Crippen LogP contribution in [0.5, 0.6) is 0 Å². The Kier molecular flexibility index (Phi) is 3.01. The van der Waals surface area contributed by atoms with Gasteiger partial charge in [-0.1, -0.05) is 12.1 Å². The Labute approximate surface area is 115 Å². The van der Waals surface area contributed by atoms with Crippen LogP contribution in [0.3, 0.4) is 0 Å². The molecule has 0 heterocycles. The molecule has 2 nitrogen and oxygen atoms in total. The van der Waals surface area contributed by atoms with E-state index in [0.717, 1.165) is 18.4 Å². The molecule has 1 aliphatic carbocycles. The zero-order valence-electron chi connectivity index (χ0n) is 10.7. The minimum atomic E-state index is -0.479. The first kappa shape index (κ1) is 12.8. The third-order valence-corrected chi connectivity index (χ3v) is 3.59. The summed E-state index contributed by atoms with van der Waals surface area (Å²) in [5.41, 5.74) is 0.690. The van der Waals surface area contributed by atoms with Crippen molar-refractivity contribution >= 4 is 5.91 Å². The van der Waals surface area contributed by atoms with Crippen LogP contribution in [-0.2, 0) is 5.54 Å². The SMILES string of the molecule is O=C(NC1(c2cccc(F)c2)CC1)c1ccc(F)cc1. The first-order valence-electron chi connectivity index (χ1n) is 6.43. The monoisotopic (exact) mass is 273 g/mol. The van der Waals surface area contributed by atoms with Crippen molar-refractivity contribution in [2.24, 2.45) is 0 Å². The number of carbonyl (C=O) groups is 1. The number of rotatable bonds is 3. The number of amides is 1. The van der Waals surface area contributed by atoms with E-state index in [1.165, 1.54) is 36.4 Å². The summed E-state index contributed by atoms with van der Waals surface area (Å²) in [6.07, 6.45) is 1.56. The fourth-order valence-corrected chi connectivity index (χ4v) is 2.29. The van der Waals surface area contributed by atoms with Crippen molar-refractivity contribution < 1.29 is 13.6 Å². The van der Waals surface area contributed by atoms with Crippen molar-refractivity contribution in [2.75, 3.05) is 0 Å². The number of nitrogens with one attached hydrogen (secondary N) is 1. The summed E-state index contributed by atoms with van der Waals surface area (Å²) in [6.45, 7) is 0. The van der Waals surface area contributed by atoms with Crippen LogP contribution in [-0.4, -0.2) is 5.91 Å². The van der Waals surface area contributed by atoms with Crippen LogP contribution in [0.1, 0.15) is 28.8 Å². The van der Waals surface area contributed by atoms with Gasteiger partial charge in [0, 0.05) is 5.56 Å². The van der Waals surface area contributed by atoms with Crippen LogP contribution in [0, 0.1) is 11.6 Å². The Morgan fingerprint density at radius 3 is 2.30 bits per heavy atom. The lowest BCUT2D eigenvalue weighted by Gasteiger charge is -2.18. The largest absolute Gasteiger partial charge is 0.343 e. The van der Waals surface area contributed by atoms with Crippen LogP contribution in [0.15, 0.2) is 48.5 Å². The quantitative estimate of drug-likeness (QED) is 0.912. The summed E-state index contributed by atoms with van der Waals surface area (Å²) < 4.78 is 26.1. The molecule has 0 unspecified atom stereocenters. The Morgan fingerprint density at radius 1 is 1.00 bits per heavy atom. The summed E-state index contributed by atoms with van der Waals surface area (Å²) in [5, 5.41) is 2.92. The highest BCUT2D eigenvalue weighted by atomic mass is 19.1. The van der Waals surface area contributed by atoms with Gasteiger partial charge in [-0.2, -0.15) is 0 Å². The second-order valence-electron chi connectivity index (χ2n) is 5.05. The predicted octanol–water partition coefficient (Wildman–Crippen LogP) is 3.38. The minimum Gasteiger partial charge on any atom is -0.343 e. The first-order valence-corrected chi connectivity index (χ1v) is 6.43. The zero-order valence-corrected chi connectivity index (χ0v) is 10.7. The van der Waals surface area contributed by atoms with Gasteiger partial charge in [0.15, 0.2) is 0 Å². The van der Waals surface area contributed by atoms with E-state index in [1.807, 2.05) is 0 Å². The van der Waals surface area contributed by atoms with Crippen molar-refractivity contribution in [3.05, 3.63) is 71.3 Å². The molecule has 0 spiro atoms. The Morgan fingerprint density at radius 2 is 1.70 bits per heavy atom. The van der Waals surface area contributed by atoms with Gasteiger partial charge >= 0.3 is 0 Å². The van der Waals surface area contributed by atoms with Gasteiger partial charge in [-0.05, 0) is 54.8 Å². The molecule has 0 aliphatic heterocycles. The van der Waals surface area contributed by atoms with Gasteiger partial charge in [-0.15, -0.1) is 0 Å². The number of hydrogen-bond donors (Lipinski definition) is 1. The number of halogens is 2. The molecule has 1 fully saturated rings. The van der Waals surface area contributed by atoms with Gasteiger partial charge in [0.2, 0.25) is 0 Å². The number of carbonyl (C=O) groups excluding carboxylic acids is 1. The van der Waals surface area contributed by atoms with E-state index in [2.05, 4.69) is 5.32 Å². The van der Waals surface area contributed by atoms with Gasteiger partial charge < -0.3 is 5.32 Å². The van der Waals surface area contributed by atoms with Crippen molar-refractivity contribution in [2.45, 2.75) is 18.4 Å². The third-order valence-electron chi connectivity index (χ3n) is 3.59. The van der Waals surface area contributed by atoms with Crippen molar-refractivity contribution in [1.29, 1.82) is 0 Å². The lowest BCUT2D eigenvalue weighted by Crippen LogP contribution is -2.34. The minimum absolute atomic E-state index is 0.272. The highest BCUT2D eigenvalue weighted by Gasteiger charge is 2.45. The Hall–Kier alpha value is -2.23. The molecule has 0 atom stereocenters. The molecule has 3 rings (SSSR count). The van der Waals surface area contributed by atoms with Crippen LogP contribution >= 0.6 is 0 Å². The molecule has 2 aromatic rings. The summed E-state index contributed by atoms with van der Waals surface area (Å²) >= 11 is 0. The van der Waals surface area contributed by atoms with E-state index in [1.54, 1.807) is 12.1 Å². The fourth-order valence-electron chi connectivity index (χ4n) is 2.29. The van der Waals surface area contributed by atoms with Gasteiger partial charge in [0.05, 0.1) is 5.54 Å². The molecule has 1 saturated carbocycles. The molecule has 0 aromatic heterocycles. The molecule has 1 aliphatic rings. The maximum Gasteiger partial charge on any atom is 0.251 e. The molecular formula is C16H13F2NO. The van der Waals surface area contributed by atoms with Gasteiger partial charge in [-0.3, -0.25) is 4.79 Å². The second-order valence-corrected chi connectivity index (χ2v) is 5.05. The standard InChI is InChI=1S/C16H13F2NO/c17-13-6-4-11(5-7-13)15(20)19-16(8-9-16)12-2-1-3-14(18)10-12/h1-7,10H,8-9H2,(H,19,20). The van der Waals surface area contributed by atoms with Crippen LogP contribution < -0.4 is 5.32 Å². The Bertz CT molecular complexity index is 648. The second kappa shape index (κ2) is 4.71. The normalized spacial score (nSPS) is 15.7. The topological polar surface area (TPSA) is 29.1 Å². The molecule has 0 bridgehead atoms. The van der Waals surface area contributed by atoms with E-state index < -0.39 is 5.54 Å². The molecular weight excluding hydrogens is 260 g/mol. The van der Waals surface area contributed by atoms with Crippen LogP contribution in [0.4, 0.5) is 8.78 Å². The van der Waals surface area contributed by atoms with Crippen molar-refractivity contribution in [3.63, 3.8) is 0 Å². The summed E-state index contributed by atoms with van der Waals surface area (Å²) in [6, 6.07) is 11.6. The molecule has 1 amide bonds. The smallest absolute Gasteiger partial charge is 0.251 e. The van der Waals surface area contributed by atoms with E-state index >= 15 is 0 Å². The lowest BCUT2D eigenvalue weighted by molar-refractivity contribution is 0.0930. The van der Waals surface area contributed by atoms with Crippen molar-refractivity contribution in [1.82, 2.24) is 5.32 Å². The molecule has 1 N–H and O–H groups in total. The lowest BCUT2D eigenvalue weighted by atomic mass is 10.0. The molecule has 4 heteroatoms. The third kappa shape index (κ3) is 2.41. The summed E-state index contributed by atoms with van der Waals surface area (Å²) in [7, 11) is 0.